The van der Waals surface area contributed by atoms with Gasteiger partial charge in [-0.05, 0) is 51.0 Å². The summed E-state index contributed by atoms with van der Waals surface area (Å²) >= 11 is 0. The van der Waals surface area contributed by atoms with E-state index < -0.39 is 17.1 Å². The van der Waals surface area contributed by atoms with Gasteiger partial charge >= 0.3 is 5.69 Å². The molecule has 2 heterocycles. The van der Waals surface area contributed by atoms with E-state index in [1.165, 1.54) is 6.07 Å². The second-order valence-electron chi connectivity index (χ2n) is 9.21. The summed E-state index contributed by atoms with van der Waals surface area (Å²) in [4.78, 5) is 27.4. The second kappa shape index (κ2) is 7.09. The van der Waals surface area contributed by atoms with Gasteiger partial charge in [0, 0.05) is 43.2 Å². The van der Waals surface area contributed by atoms with Crippen molar-refractivity contribution in [3.05, 3.63) is 38.3 Å². The van der Waals surface area contributed by atoms with Crippen LogP contribution in [0.3, 0.4) is 0 Å². The predicted molar refractivity (Wildman–Crippen MR) is 116 cm³/mol. The van der Waals surface area contributed by atoms with E-state index in [1.807, 2.05) is 0 Å². The van der Waals surface area contributed by atoms with Gasteiger partial charge in [0.2, 0.25) is 0 Å². The molecule has 0 amide bonds. The van der Waals surface area contributed by atoms with Crippen molar-refractivity contribution < 1.29 is 4.39 Å². The van der Waals surface area contributed by atoms with Crippen molar-refractivity contribution in [2.75, 3.05) is 30.4 Å². The number of aromatic nitrogens is 2. The molecule has 1 saturated heterocycles. The number of fused-ring (bicyclic) bond motifs is 1. The molecule has 1 aromatic heterocycles. The second-order valence-corrected chi connectivity index (χ2v) is 9.21. The fraction of sp³-hybridized carbons (Fsp3) is 0.591. The van der Waals surface area contributed by atoms with E-state index in [4.69, 9.17) is 11.1 Å². The quantitative estimate of drug-likeness (QED) is 0.536. The van der Waals surface area contributed by atoms with Crippen LogP contribution in [0.15, 0.2) is 15.7 Å². The average Bonchev–Trinajstić information content (AvgIpc) is 3.67. The van der Waals surface area contributed by atoms with Crippen LogP contribution in [-0.4, -0.2) is 34.4 Å². The van der Waals surface area contributed by atoms with Crippen LogP contribution in [0.4, 0.5) is 10.1 Å². The van der Waals surface area contributed by atoms with Crippen molar-refractivity contribution in [2.45, 2.75) is 57.0 Å². The van der Waals surface area contributed by atoms with Crippen LogP contribution in [0.1, 0.15) is 50.1 Å². The highest BCUT2D eigenvalue weighted by Gasteiger charge is 2.51. The van der Waals surface area contributed by atoms with Gasteiger partial charge in [0.25, 0.3) is 5.56 Å². The van der Waals surface area contributed by atoms with E-state index in [1.54, 1.807) is 11.5 Å². The van der Waals surface area contributed by atoms with Gasteiger partial charge in [0.1, 0.15) is 5.82 Å². The molecule has 31 heavy (non-hydrogen) atoms. The maximum Gasteiger partial charge on any atom is 0.350 e. The number of benzene rings is 1. The Kier molecular flexibility index (Phi) is 4.59. The topological polar surface area (TPSA) is 109 Å². The number of nitrogens with zero attached hydrogens (tertiary/aromatic N) is 4. The average molecular weight is 426 g/mol. The Morgan fingerprint density at radius 3 is 2.71 bits per heavy atom. The largest absolute Gasteiger partial charge is 0.369 e. The summed E-state index contributed by atoms with van der Waals surface area (Å²) in [5.74, 6) is 5.63. The standard InChI is InChI=1S/C22H27FN6O2/c1-13-18-16(20(30)29(25)21(31)28(18)15-3-4-15)11-17(23)19(13)27-10-5-14(12-27)22(6-7-22)26-9-2-8-24/h11,14-15,26H,2-7,9-10,12,25H2,1H3. The Bertz CT molecular complexity index is 1220. The number of anilines is 1. The number of nitrogens with one attached hydrogen (secondary N) is 1. The number of nitrogens with two attached hydrogens (primary N) is 1. The summed E-state index contributed by atoms with van der Waals surface area (Å²) in [5, 5.41) is 12.5. The Morgan fingerprint density at radius 1 is 1.32 bits per heavy atom. The first-order valence-corrected chi connectivity index (χ1v) is 11.0. The first-order valence-electron chi connectivity index (χ1n) is 11.0. The van der Waals surface area contributed by atoms with Gasteiger partial charge < -0.3 is 16.1 Å². The van der Waals surface area contributed by atoms with Crippen LogP contribution >= 0.6 is 0 Å². The van der Waals surface area contributed by atoms with E-state index in [0.29, 0.717) is 46.9 Å². The molecule has 0 spiro atoms. The summed E-state index contributed by atoms with van der Waals surface area (Å²) in [5.41, 5.74) is 0.454. The molecule has 3 aliphatic rings. The lowest BCUT2D eigenvalue weighted by Crippen LogP contribution is -2.45. The minimum absolute atomic E-state index is 0.00723. The zero-order chi connectivity index (χ0) is 21.9. The third-order valence-electron chi connectivity index (χ3n) is 7.27. The number of nitrogen functional groups attached to an aromatic ring is 1. The summed E-state index contributed by atoms with van der Waals surface area (Å²) in [7, 11) is 0. The molecule has 164 valence electrons. The fourth-order valence-electron chi connectivity index (χ4n) is 5.36. The molecule has 2 saturated carbocycles. The molecule has 1 aliphatic heterocycles. The SMILES string of the molecule is Cc1c(N2CCC(C3(NCCC#N)CC3)C2)c(F)cc2c(=O)n(N)c(=O)n(C3CC3)c12. The highest BCUT2D eigenvalue weighted by molar-refractivity contribution is 5.87. The number of nitriles is 1. The molecule has 1 atom stereocenters. The van der Waals surface area contributed by atoms with Gasteiger partial charge in [-0.3, -0.25) is 9.36 Å². The maximum absolute atomic E-state index is 15.3. The minimum atomic E-state index is -0.664. The minimum Gasteiger partial charge on any atom is -0.369 e. The molecule has 8 nitrogen and oxygen atoms in total. The number of aryl methyl sites for hydroxylation is 1. The Hall–Kier alpha value is -2.86. The van der Waals surface area contributed by atoms with Gasteiger partial charge in [-0.25, -0.2) is 9.18 Å². The van der Waals surface area contributed by atoms with Crippen molar-refractivity contribution in [1.29, 1.82) is 5.26 Å². The lowest BCUT2D eigenvalue weighted by Gasteiger charge is -2.27. The van der Waals surface area contributed by atoms with Crippen LogP contribution in [0.25, 0.3) is 10.9 Å². The van der Waals surface area contributed by atoms with Gasteiger partial charge in [-0.1, -0.05) is 0 Å². The van der Waals surface area contributed by atoms with Crippen molar-refractivity contribution >= 4 is 16.6 Å². The van der Waals surface area contributed by atoms with Gasteiger partial charge in [0.05, 0.1) is 22.7 Å². The van der Waals surface area contributed by atoms with E-state index in [-0.39, 0.29) is 17.0 Å². The smallest absolute Gasteiger partial charge is 0.350 e. The van der Waals surface area contributed by atoms with E-state index in [0.717, 1.165) is 38.6 Å². The number of halogens is 1. The molecular formula is C22H27FN6O2. The first kappa shape index (κ1) is 20.1. The van der Waals surface area contributed by atoms with Crippen LogP contribution in [0.2, 0.25) is 0 Å². The summed E-state index contributed by atoms with van der Waals surface area (Å²) in [6.45, 7) is 3.90. The molecule has 0 bridgehead atoms. The molecule has 3 N–H and O–H groups in total. The van der Waals surface area contributed by atoms with Gasteiger partial charge in [-0.15, -0.1) is 0 Å². The van der Waals surface area contributed by atoms with Crippen LogP contribution in [-0.2, 0) is 0 Å². The third-order valence-corrected chi connectivity index (χ3v) is 7.27. The lowest BCUT2D eigenvalue weighted by molar-refractivity contribution is 0.360. The van der Waals surface area contributed by atoms with E-state index >= 15 is 4.39 Å². The fourth-order valence-corrected chi connectivity index (χ4v) is 5.36. The Morgan fingerprint density at radius 2 is 2.06 bits per heavy atom. The highest BCUT2D eigenvalue weighted by Crippen LogP contribution is 2.47. The predicted octanol–water partition coefficient (Wildman–Crippen LogP) is 1.52. The molecule has 9 heteroatoms. The van der Waals surface area contributed by atoms with Crippen LogP contribution < -0.4 is 27.3 Å². The highest BCUT2D eigenvalue weighted by atomic mass is 19.1. The number of hydrogen-bond acceptors (Lipinski definition) is 6. The van der Waals surface area contributed by atoms with E-state index in [9.17, 15) is 9.59 Å². The number of hydrogen-bond donors (Lipinski definition) is 2. The van der Waals surface area contributed by atoms with Crippen LogP contribution in [0.5, 0.6) is 0 Å². The molecule has 5 rings (SSSR count). The molecule has 1 unspecified atom stereocenters. The van der Waals surface area contributed by atoms with E-state index in [2.05, 4.69) is 16.3 Å². The first-order chi connectivity index (χ1) is 14.9. The van der Waals surface area contributed by atoms with Crippen molar-refractivity contribution in [3.63, 3.8) is 0 Å². The van der Waals surface area contributed by atoms with Crippen molar-refractivity contribution in [3.8, 4) is 6.07 Å². The van der Waals surface area contributed by atoms with Crippen LogP contribution in [0, 0.1) is 30.0 Å². The zero-order valence-electron chi connectivity index (χ0n) is 17.7. The molecule has 0 radical (unpaired) electrons. The zero-order valence-corrected chi connectivity index (χ0v) is 17.7. The van der Waals surface area contributed by atoms with Gasteiger partial charge in [0.15, 0.2) is 0 Å². The molecule has 3 fully saturated rings. The Labute approximate surface area is 179 Å². The molecular weight excluding hydrogens is 399 g/mol. The van der Waals surface area contributed by atoms with Gasteiger partial charge in [-0.2, -0.15) is 9.94 Å². The Balaban J connectivity index is 1.54. The molecule has 2 aliphatic carbocycles. The molecule has 2 aromatic rings. The van der Waals surface area contributed by atoms with Crippen molar-refractivity contribution in [1.82, 2.24) is 14.6 Å². The van der Waals surface area contributed by atoms with Crippen molar-refractivity contribution in [2.24, 2.45) is 5.92 Å². The lowest BCUT2D eigenvalue weighted by atomic mass is 9.96. The summed E-state index contributed by atoms with van der Waals surface area (Å²) in [6, 6.07) is 3.42. The summed E-state index contributed by atoms with van der Waals surface area (Å²) in [6.07, 6.45) is 5.27. The summed E-state index contributed by atoms with van der Waals surface area (Å²) < 4.78 is 17.5. The normalized spacial score (nSPS) is 22.1. The number of rotatable bonds is 6. The third kappa shape index (κ3) is 3.12. The molecule has 1 aromatic carbocycles. The monoisotopic (exact) mass is 426 g/mol. The maximum atomic E-state index is 15.3.